The topological polar surface area (TPSA) is 58.6 Å². The van der Waals surface area contributed by atoms with Crippen molar-refractivity contribution in [3.63, 3.8) is 0 Å². The molecule has 2 aromatic heterocycles. The molecular formula is C21H26N4O2. The van der Waals surface area contributed by atoms with Crippen LogP contribution in [0.5, 0.6) is 5.75 Å². The van der Waals surface area contributed by atoms with Gasteiger partial charge >= 0.3 is 0 Å². The number of aromatic nitrogens is 2. The second-order valence-electron chi connectivity index (χ2n) is 7.64. The highest BCUT2D eigenvalue weighted by Gasteiger charge is 2.45. The number of hydrogen-bond acceptors (Lipinski definition) is 5. The fraction of sp³-hybridized carbons (Fsp3) is 0.476. The molecule has 27 heavy (non-hydrogen) atoms. The zero-order valence-electron chi connectivity index (χ0n) is 15.7. The first kappa shape index (κ1) is 17.9. The van der Waals surface area contributed by atoms with Crippen molar-refractivity contribution in [2.75, 3.05) is 26.7 Å². The minimum Gasteiger partial charge on any atom is -0.488 e. The number of rotatable bonds is 6. The van der Waals surface area contributed by atoms with Crippen molar-refractivity contribution >= 4 is 5.91 Å². The molecule has 4 rings (SSSR count). The van der Waals surface area contributed by atoms with Gasteiger partial charge in [-0.15, -0.1) is 0 Å². The van der Waals surface area contributed by atoms with Gasteiger partial charge in [0.1, 0.15) is 11.9 Å². The highest BCUT2D eigenvalue weighted by molar-refractivity contribution is 5.78. The first-order valence-electron chi connectivity index (χ1n) is 9.62. The van der Waals surface area contributed by atoms with Gasteiger partial charge in [-0.25, -0.2) is 0 Å². The molecule has 1 saturated heterocycles. The van der Waals surface area contributed by atoms with E-state index < -0.39 is 0 Å². The van der Waals surface area contributed by atoms with Crippen LogP contribution in [-0.2, 0) is 11.3 Å². The number of carbonyl (C=O) groups excluding carboxylic acids is 1. The van der Waals surface area contributed by atoms with Crippen molar-refractivity contribution in [2.45, 2.75) is 25.5 Å². The molecule has 1 amide bonds. The molecule has 0 spiro atoms. The van der Waals surface area contributed by atoms with Crippen molar-refractivity contribution in [1.29, 1.82) is 0 Å². The monoisotopic (exact) mass is 366 g/mol. The quantitative estimate of drug-likeness (QED) is 0.785. The zero-order valence-corrected chi connectivity index (χ0v) is 15.7. The van der Waals surface area contributed by atoms with E-state index in [1.807, 2.05) is 47.2 Å². The molecule has 6 heteroatoms. The van der Waals surface area contributed by atoms with Crippen LogP contribution in [-0.4, -0.2) is 58.5 Å². The third kappa shape index (κ3) is 4.27. The summed E-state index contributed by atoms with van der Waals surface area (Å²) in [6.07, 6.45) is 7.67. The van der Waals surface area contributed by atoms with Gasteiger partial charge in [0.25, 0.3) is 0 Å². The summed E-state index contributed by atoms with van der Waals surface area (Å²) < 4.78 is 6.16. The highest BCUT2D eigenvalue weighted by atomic mass is 16.5. The lowest BCUT2D eigenvalue weighted by atomic mass is 9.99. The first-order chi connectivity index (χ1) is 13.2. The predicted molar refractivity (Wildman–Crippen MR) is 102 cm³/mol. The van der Waals surface area contributed by atoms with Gasteiger partial charge in [0.15, 0.2) is 0 Å². The molecule has 0 aromatic carbocycles. The standard InChI is InChI=1S/C21H26N4O2/c1-24(13-17-5-2-3-10-23-17)15-21(26)25-12-16-7-8-20(19(16)14-25)27-18-6-4-9-22-11-18/h2-6,9-11,16,19-20H,7-8,12-15H2,1H3/t16-,19+,20+/m1/s1. The Morgan fingerprint density at radius 2 is 2.15 bits per heavy atom. The molecular weight excluding hydrogens is 340 g/mol. The van der Waals surface area contributed by atoms with Crippen LogP contribution < -0.4 is 4.74 Å². The number of likely N-dealkylation sites (N-methyl/N-ethyl adjacent to an activating group) is 1. The average Bonchev–Trinajstić information content (AvgIpc) is 3.25. The van der Waals surface area contributed by atoms with Crippen LogP contribution in [0.2, 0.25) is 0 Å². The third-order valence-electron chi connectivity index (χ3n) is 5.63. The molecule has 1 saturated carbocycles. The van der Waals surface area contributed by atoms with Crippen LogP contribution in [0.1, 0.15) is 18.5 Å². The number of amides is 1. The maximum absolute atomic E-state index is 12.8. The largest absolute Gasteiger partial charge is 0.488 e. The van der Waals surface area contributed by atoms with Gasteiger partial charge in [-0.05, 0) is 50.1 Å². The number of fused-ring (bicyclic) bond motifs is 1. The molecule has 0 unspecified atom stereocenters. The summed E-state index contributed by atoms with van der Waals surface area (Å²) in [6.45, 7) is 2.75. The van der Waals surface area contributed by atoms with E-state index in [4.69, 9.17) is 4.74 Å². The Hall–Kier alpha value is -2.47. The first-order valence-corrected chi connectivity index (χ1v) is 9.62. The highest BCUT2D eigenvalue weighted by Crippen LogP contribution is 2.40. The van der Waals surface area contributed by atoms with E-state index in [0.29, 0.717) is 24.9 Å². The van der Waals surface area contributed by atoms with Crippen LogP contribution in [0.3, 0.4) is 0 Å². The van der Waals surface area contributed by atoms with E-state index in [9.17, 15) is 4.79 Å². The Bertz CT molecular complexity index is 755. The Balaban J connectivity index is 1.30. The average molecular weight is 366 g/mol. The maximum Gasteiger partial charge on any atom is 0.236 e. The van der Waals surface area contributed by atoms with Gasteiger partial charge in [0.05, 0.1) is 18.4 Å². The van der Waals surface area contributed by atoms with Gasteiger partial charge in [0, 0.05) is 37.9 Å². The van der Waals surface area contributed by atoms with E-state index in [-0.39, 0.29) is 12.0 Å². The number of nitrogens with zero attached hydrogens (tertiary/aromatic N) is 4. The summed E-state index contributed by atoms with van der Waals surface area (Å²) in [6, 6.07) is 9.71. The molecule has 142 valence electrons. The van der Waals surface area contributed by atoms with Crippen LogP contribution in [0.4, 0.5) is 0 Å². The second-order valence-corrected chi connectivity index (χ2v) is 7.64. The van der Waals surface area contributed by atoms with E-state index >= 15 is 0 Å². The summed E-state index contributed by atoms with van der Waals surface area (Å²) in [5.41, 5.74) is 0.982. The van der Waals surface area contributed by atoms with Crippen LogP contribution in [0.15, 0.2) is 48.9 Å². The fourth-order valence-corrected chi connectivity index (χ4v) is 4.31. The smallest absolute Gasteiger partial charge is 0.236 e. The number of carbonyl (C=O) groups is 1. The van der Waals surface area contributed by atoms with Crippen molar-refractivity contribution in [1.82, 2.24) is 19.8 Å². The molecule has 2 fully saturated rings. The molecule has 3 heterocycles. The second kappa shape index (κ2) is 8.05. The molecule has 0 radical (unpaired) electrons. The Kier molecular flexibility index (Phi) is 5.34. The van der Waals surface area contributed by atoms with Crippen molar-refractivity contribution in [2.24, 2.45) is 11.8 Å². The van der Waals surface area contributed by atoms with E-state index in [1.54, 1.807) is 18.6 Å². The number of ether oxygens (including phenoxy) is 1. The Morgan fingerprint density at radius 1 is 1.22 bits per heavy atom. The lowest BCUT2D eigenvalue weighted by Crippen LogP contribution is -2.39. The summed E-state index contributed by atoms with van der Waals surface area (Å²) in [5, 5.41) is 0. The van der Waals surface area contributed by atoms with Gasteiger partial charge in [-0.2, -0.15) is 0 Å². The summed E-state index contributed by atoms with van der Waals surface area (Å²) in [4.78, 5) is 25.3. The molecule has 3 atom stereocenters. The van der Waals surface area contributed by atoms with Crippen molar-refractivity contribution in [3.8, 4) is 5.75 Å². The van der Waals surface area contributed by atoms with Gasteiger partial charge in [-0.3, -0.25) is 19.7 Å². The third-order valence-corrected chi connectivity index (χ3v) is 5.63. The molecule has 1 aliphatic heterocycles. The summed E-state index contributed by atoms with van der Waals surface area (Å²) in [5.74, 6) is 2.00. The Labute approximate surface area is 160 Å². The normalized spacial score (nSPS) is 24.2. The molecule has 1 aliphatic carbocycles. The van der Waals surface area contributed by atoms with Gasteiger partial charge < -0.3 is 9.64 Å². The molecule has 0 N–H and O–H groups in total. The molecule has 6 nitrogen and oxygen atoms in total. The SMILES string of the molecule is CN(CC(=O)N1C[C@H]2CC[C@H](Oc3cccnc3)[C@H]2C1)Cc1ccccn1. The number of hydrogen-bond donors (Lipinski definition) is 0. The fourth-order valence-electron chi connectivity index (χ4n) is 4.31. The van der Waals surface area contributed by atoms with Gasteiger partial charge in [-0.1, -0.05) is 6.07 Å². The maximum atomic E-state index is 12.8. The molecule has 2 aromatic rings. The van der Waals surface area contributed by atoms with Gasteiger partial charge in [0.2, 0.25) is 5.91 Å². The summed E-state index contributed by atoms with van der Waals surface area (Å²) in [7, 11) is 1.97. The molecule has 2 aliphatic rings. The van der Waals surface area contributed by atoms with E-state index in [2.05, 4.69) is 9.97 Å². The Morgan fingerprint density at radius 3 is 2.93 bits per heavy atom. The number of pyridine rings is 2. The van der Waals surface area contributed by atoms with E-state index in [1.165, 1.54) is 0 Å². The lowest BCUT2D eigenvalue weighted by molar-refractivity contribution is -0.131. The minimum absolute atomic E-state index is 0.184. The van der Waals surface area contributed by atoms with Crippen LogP contribution in [0, 0.1) is 11.8 Å². The minimum atomic E-state index is 0.184. The molecule has 0 bridgehead atoms. The van der Waals surface area contributed by atoms with Crippen LogP contribution in [0.25, 0.3) is 0 Å². The predicted octanol–water partition coefficient (Wildman–Crippen LogP) is 2.22. The van der Waals surface area contributed by atoms with Crippen LogP contribution >= 0.6 is 0 Å². The van der Waals surface area contributed by atoms with Crippen molar-refractivity contribution < 1.29 is 9.53 Å². The van der Waals surface area contributed by atoms with E-state index in [0.717, 1.165) is 37.4 Å². The summed E-state index contributed by atoms with van der Waals surface area (Å²) >= 11 is 0. The zero-order chi connectivity index (χ0) is 18.6. The lowest BCUT2D eigenvalue weighted by Gasteiger charge is -2.24. The van der Waals surface area contributed by atoms with Crippen molar-refractivity contribution in [3.05, 3.63) is 54.6 Å². The number of likely N-dealkylation sites (tertiary alicyclic amines) is 1.